The zero-order chi connectivity index (χ0) is 14.5. The van der Waals surface area contributed by atoms with E-state index in [2.05, 4.69) is 56.9 Å². The van der Waals surface area contributed by atoms with Crippen LogP contribution in [0.15, 0.2) is 0 Å². The third-order valence-electron chi connectivity index (χ3n) is 3.39. The first-order valence-electron chi connectivity index (χ1n) is 7.11. The van der Waals surface area contributed by atoms with E-state index in [0.29, 0.717) is 11.7 Å². The van der Waals surface area contributed by atoms with E-state index in [-0.39, 0.29) is 12.1 Å². The number of hydrogen-bond acceptors (Lipinski definition) is 6. The highest BCUT2D eigenvalue weighted by Gasteiger charge is 2.33. The van der Waals surface area contributed by atoms with Crippen LogP contribution in [0.2, 0.25) is 0 Å². The number of nitrogens with zero attached hydrogens (tertiary/aromatic N) is 4. The van der Waals surface area contributed by atoms with Crippen LogP contribution in [0.4, 0.5) is 0 Å². The van der Waals surface area contributed by atoms with Gasteiger partial charge in [-0.25, -0.2) is 0 Å². The van der Waals surface area contributed by atoms with Crippen LogP contribution >= 0.6 is 12.2 Å². The Kier molecular flexibility index (Phi) is 5.38. The molecule has 2 heterocycles. The van der Waals surface area contributed by atoms with Gasteiger partial charge in [-0.2, -0.15) is 5.21 Å². The fourth-order valence-electron chi connectivity index (χ4n) is 2.50. The van der Waals surface area contributed by atoms with Crippen LogP contribution in [-0.2, 0) is 0 Å². The predicted molar refractivity (Wildman–Crippen MR) is 81.1 cm³/mol. The highest BCUT2D eigenvalue weighted by atomic mass is 32.1. The second-order valence-electron chi connectivity index (χ2n) is 5.45. The van der Waals surface area contributed by atoms with E-state index in [1.165, 1.54) is 0 Å². The maximum absolute atomic E-state index is 5.71. The number of nitrogens with one attached hydrogen (secondary N) is 3. The normalized spacial score (nSPS) is 20.6. The second kappa shape index (κ2) is 7.05. The minimum absolute atomic E-state index is 0.0644. The molecule has 1 saturated heterocycles. The molecule has 0 saturated carbocycles. The van der Waals surface area contributed by atoms with Crippen molar-refractivity contribution in [3.8, 4) is 0 Å². The van der Waals surface area contributed by atoms with Gasteiger partial charge in [0.1, 0.15) is 6.04 Å². The molecule has 1 aromatic rings. The Bertz CT molecular complexity index is 419. The largest absolute Gasteiger partial charge is 0.340 e. The van der Waals surface area contributed by atoms with Gasteiger partial charge in [-0.1, -0.05) is 38.2 Å². The van der Waals surface area contributed by atoms with Gasteiger partial charge >= 0.3 is 0 Å². The lowest BCUT2D eigenvalue weighted by atomic mass is 10.0. The number of aromatic nitrogens is 4. The lowest BCUT2D eigenvalue weighted by molar-refractivity contribution is 0.368. The molecule has 0 spiro atoms. The Morgan fingerprint density at radius 1 is 1.55 bits per heavy atom. The molecule has 8 heteroatoms. The van der Waals surface area contributed by atoms with Gasteiger partial charge in [0.05, 0.1) is 17.7 Å². The van der Waals surface area contributed by atoms with Crippen molar-refractivity contribution < 1.29 is 0 Å². The summed E-state index contributed by atoms with van der Waals surface area (Å²) in [7, 11) is 0. The summed E-state index contributed by atoms with van der Waals surface area (Å²) in [5.41, 5.74) is 0. The average molecular weight is 297 g/mol. The monoisotopic (exact) mass is 297 g/mol. The van der Waals surface area contributed by atoms with Gasteiger partial charge < -0.3 is 10.2 Å². The molecule has 0 amide bonds. The zero-order valence-corrected chi connectivity index (χ0v) is 13.1. The number of hydrogen-bond donors (Lipinski definition) is 3. The van der Waals surface area contributed by atoms with Crippen molar-refractivity contribution >= 4 is 17.2 Å². The predicted octanol–water partition coefficient (Wildman–Crippen LogP) is 0.455. The Labute approximate surface area is 124 Å². The van der Waals surface area contributed by atoms with Crippen LogP contribution in [-0.4, -0.2) is 56.3 Å². The average Bonchev–Trinajstić information content (AvgIpc) is 3.07. The lowest BCUT2D eigenvalue weighted by Gasteiger charge is -2.30. The number of aromatic amines is 1. The SMILES string of the molecule is CCNC(CC(C)C)C(=S)N1CNCC1c1nn[nH]n1. The van der Waals surface area contributed by atoms with Gasteiger partial charge in [-0.15, -0.1) is 10.2 Å². The van der Waals surface area contributed by atoms with Crippen molar-refractivity contribution in [1.82, 2.24) is 36.2 Å². The summed E-state index contributed by atoms with van der Waals surface area (Å²) >= 11 is 5.71. The molecule has 0 bridgehead atoms. The molecule has 112 valence electrons. The van der Waals surface area contributed by atoms with E-state index in [1.54, 1.807) is 0 Å². The van der Waals surface area contributed by atoms with Crippen LogP contribution in [0.5, 0.6) is 0 Å². The highest BCUT2D eigenvalue weighted by Crippen LogP contribution is 2.22. The highest BCUT2D eigenvalue weighted by molar-refractivity contribution is 7.80. The molecule has 2 atom stereocenters. The number of tetrazole rings is 1. The number of thiocarbonyl (C=S) groups is 1. The third-order valence-corrected chi connectivity index (χ3v) is 3.91. The maximum Gasteiger partial charge on any atom is 0.198 e. The van der Waals surface area contributed by atoms with Gasteiger partial charge in [0.2, 0.25) is 0 Å². The summed E-state index contributed by atoms with van der Waals surface area (Å²) in [6.45, 7) is 8.97. The number of rotatable bonds is 6. The fraction of sp³-hybridized carbons (Fsp3) is 0.833. The smallest absolute Gasteiger partial charge is 0.198 e. The molecule has 20 heavy (non-hydrogen) atoms. The first kappa shape index (κ1) is 15.3. The van der Waals surface area contributed by atoms with Crippen LogP contribution in [0.25, 0.3) is 0 Å². The maximum atomic E-state index is 5.71. The zero-order valence-electron chi connectivity index (χ0n) is 12.3. The molecule has 7 nitrogen and oxygen atoms in total. The molecule has 2 unspecified atom stereocenters. The molecule has 1 aromatic heterocycles. The van der Waals surface area contributed by atoms with Crippen LogP contribution in [0.3, 0.4) is 0 Å². The summed E-state index contributed by atoms with van der Waals surface area (Å²) in [5, 5.41) is 21.1. The van der Waals surface area contributed by atoms with E-state index in [4.69, 9.17) is 12.2 Å². The van der Waals surface area contributed by atoms with E-state index in [1.807, 2.05) is 0 Å². The molecule has 1 fully saturated rings. The van der Waals surface area contributed by atoms with E-state index in [0.717, 1.165) is 31.2 Å². The quantitative estimate of drug-likeness (QED) is 0.658. The first-order valence-corrected chi connectivity index (χ1v) is 7.52. The Balaban J connectivity index is 2.09. The Morgan fingerprint density at radius 2 is 2.35 bits per heavy atom. The molecule has 1 aliphatic rings. The summed E-state index contributed by atoms with van der Waals surface area (Å²) in [6.07, 6.45) is 1.03. The van der Waals surface area contributed by atoms with Crippen LogP contribution in [0, 0.1) is 5.92 Å². The fourth-order valence-corrected chi connectivity index (χ4v) is 2.88. The van der Waals surface area contributed by atoms with Crippen molar-refractivity contribution in [2.45, 2.75) is 39.3 Å². The van der Waals surface area contributed by atoms with Crippen molar-refractivity contribution in [2.24, 2.45) is 5.92 Å². The van der Waals surface area contributed by atoms with Crippen molar-refractivity contribution in [2.75, 3.05) is 19.8 Å². The minimum Gasteiger partial charge on any atom is -0.340 e. The molecule has 1 aliphatic heterocycles. The lowest BCUT2D eigenvalue weighted by Crippen LogP contribution is -2.46. The van der Waals surface area contributed by atoms with E-state index < -0.39 is 0 Å². The standard InChI is InChI=1S/C12H23N7S/c1-4-14-9(5-8(2)3)12(20)19-7-13-6-10(19)11-15-17-18-16-11/h8-10,13-14H,4-7H2,1-3H3,(H,15,16,17,18). The van der Waals surface area contributed by atoms with Crippen LogP contribution in [0.1, 0.15) is 39.1 Å². The minimum atomic E-state index is 0.0644. The van der Waals surface area contributed by atoms with Gasteiger partial charge in [0.25, 0.3) is 0 Å². The van der Waals surface area contributed by atoms with E-state index in [9.17, 15) is 0 Å². The number of H-pyrrole nitrogens is 1. The van der Waals surface area contributed by atoms with E-state index >= 15 is 0 Å². The summed E-state index contributed by atoms with van der Waals surface area (Å²) < 4.78 is 0. The van der Waals surface area contributed by atoms with Crippen molar-refractivity contribution in [3.05, 3.63) is 5.82 Å². The van der Waals surface area contributed by atoms with Gasteiger partial charge in [-0.05, 0) is 18.9 Å². The molecule has 0 aromatic carbocycles. The van der Waals surface area contributed by atoms with Crippen LogP contribution < -0.4 is 10.6 Å². The van der Waals surface area contributed by atoms with Gasteiger partial charge in [0, 0.05) is 6.54 Å². The summed E-state index contributed by atoms with van der Waals surface area (Å²) in [5.74, 6) is 1.29. The second-order valence-corrected chi connectivity index (χ2v) is 5.86. The third kappa shape index (κ3) is 3.50. The summed E-state index contributed by atoms with van der Waals surface area (Å²) in [4.78, 5) is 3.09. The van der Waals surface area contributed by atoms with Gasteiger partial charge in [-0.3, -0.25) is 5.32 Å². The Hall–Kier alpha value is -1.12. The molecule has 0 aliphatic carbocycles. The molecular weight excluding hydrogens is 274 g/mol. The van der Waals surface area contributed by atoms with Gasteiger partial charge in [0.15, 0.2) is 5.82 Å². The number of likely N-dealkylation sites (N-methyl/N-ethyl adjacent to an activating group) is 1. The van der Waals surface area contributed by atoms with Crippen molar-refractivity contribution in [3.63, 3.8) is 0 Å². The topological polar surface area (TPSA) is 81.8 Å². The summed E-state index contributed by atoms with van der Waals surface area (Å²) in [6, 6.07) is 0.277. The molecule has 0 radical (unpaired) electrons. The Morgan fingerprint density at radius 3 is 2.95 bits per heavy atom. The molecule has 2 rings (SSSR count). The molecule has 3 N–H and O–H groups in total. The first-order chi connectivity index (χ1) is 9.63. The molecular formula is C12H23N7S. The van der Waals surface area contributed by atoms with Crippen molar-refractivity contribution in [1.29, 1.82) is 0 Å².